The number of hydrogen-bond acceptors (Lipinski definition) is 3. The molecule has 3 N–H and O–H groups in total. The summed E-state index contributed by atoms with van der Waals surface area (Å²) in [6.45, 7) is 1.22. The van der Waals surface area contributed by atoms with Gasteiger partial charge in [-0.2, -0.15) is 0 Å². The lowest BCUT2D eigenvalue weighted by molar-refractivity contribution is 0.0955. The Morgan fingerprint density at radius 1 is 1.17 bits per heavy atom. The zero-order valence-corrected chi connectivity index (χ0v) is 10.9. The summed E-state index contributed by atoms with van der Waals surface area (Å²) in [5, 5.41) is 4.80. The van der Waals surface area contributed by atoms with E-state index < -0.39 is 0 Å². The van der Waals surface area contributed by atoms with E-state index in [9.17, 15) is 4.79 Å². The lowest BCUT2D eigenvalue weighted by Gasteiger charge is -2.05. The van der Waals surface area contributed by atoms with Crippen LogP contribution in [0.15, 0.2) is 41.8 Å². The molecule has 0 fully saturated rings. The van der Waals surface area contributed by atoms with Gasteiger partial charge in [-0.05, 0) is 35.5 Å². The number of carbonyl (C=O) groups is 1. The molecule has 4 heteroatoms. The molecule has 0 radical (unpaired) electrons. The van der Waals surface area contributed by atoms with Crippen LogP contribution in [0, 0.1) is 0 Å². The second-order valence-corrected chi connectivity index (χ2v) is 4.96. The predicted octanol–water partition coefficient (Wildman–Crippen LogP) is 2.18. The number of nitrogens with two attached hydrogens (primary N) is 1. The van der Waals surface area contributed by atoms with Crippen LogP contribution in [0.4, 0.5) is 0 Å². The third-order valence-electron chi connectivity index (χ3n) is 2.65. The fourth-order valence-corrected chi connectivity index (χ4v) is 2.31. The Morgan fingerprint density at radius 2 is 1.89 bits per heavy atom. The predicted molar refractivity (Wildman–Crippen MR) is 74.7 cm³/mol. The molecule has 1 aromatic carbocycles. The van der Waals surface area contributed by atoms with E-state index in [0.717, 1.165) is 16.9 Å². The third kappa shape index (κ3) is 3.42. The number of nitrogens with one attached hydrogen (secondary N) is 1. The molecule has 0 bridgehead atoms. The molecule has 3 nitrogen and oxygen atoms in total. The Morgan fingerprint density at radius 3 is 2.50 bits per heavy atom. The minimum Gasteiger partial charge on any atom is -0.347 e. The molecule has 1 aromatic heterocycles. The summed E-state index contributed by atoms with van der Waals surface area (Å²) in [5.74, 6) is -0.0176. The van der Waals surface area contributed by atoms with Gasteiger partial charge in [-0.15, -0.1) is 11.3 Å². The van der Waals surface area contributed by atoms with Crippen molar-refractivity contribution in [1.82, 2.24) is 5.32 Å². The van der Waals surface area contributed by atoms with Crippen molar-refractivity contribution in [1.29, 1.82) is 0 Å². The number of carbonyl (C=O) groups excluding carboxylic acids is 1. The first-order valence-electron chi connectivity index (χ1n) is 5.89. The van der Waals surface area contributed by atoms with Crippen molar-refractivity contribution in [3.63, 3.8) is 0 Å². The lowest BCUT2D eigenvalue weighted by Crippen LogP contribution is -2.21. The summed E-state index contributed by atoms with van der Waals surface area (Å²) in [6.07, 6.45) is 0.891. The van der Waals surface area contributed by atoms with Crippen molar-refractivity contribution < 1.29 is 4.79 Å². The lowest BCUT2D eigenvalue weighted by atomic mass is 10.1. The monoisotopic (exact) mass is 260 g/mol. The molecular weight excluding hydrogens is 244 g/mol. The molecule has 94 valence electrons. The number of thiophene rings is 1. The van der Waals surface area contributed by atoms with Crippen LogP contribution in [0.5, 0.6) is 0 Å². The van der Waals surface area contributed by atoms with E-state index >= 15 is 0 Å². The summed E-state index contributed by atoms with van der Waals surface area (Å²) in [6, 6.07) is 11.9. The van der Waals surface area contributed by atoms with E-state index in [0.29, 0.717) is 13.1 Å². The summed E-state index contributed by atoms with van der Waals surface area (Å²) >= 11 is 1.45. The van der Waals surface area contributed by atoms with E-state index in [1.807, 2.05) is 29.6 Å². The van der Waals surface area contributed by atoms with E-state index in [4.69, 9.17) is 5.73 Å². The van der Waals surface area contributed by atoms with Crippen molar-refractivity contribution in [3.05, 3.63) is 57.8 Å². The van der Waals surface area contributed by atoms with E-state index in [2.05, 4.69) is 17.4 Å². The molecule has 18 heavy (non-hydrogen) atoms. The fraction of sp³-hybridized carbons (Fsp3) is 0.214. The molecule has 2 rings (SSSR count). The SMILES string of the molecule is NCCc1ccc(CNC(=O)c2cccs2)cc1. The van der Waals surface area contributed by atoms with Crippen LogP contribution >= 0.6 is 11.3 Å². The first-order chi connectivity index (χ1) is 8.79. The van der Waals surface area contributed by atoms with Crippen molar-refractivity contribution >= 4 is 17.2 Å². The van der Waals surface area contributed by atoms with Crippen molar-refractivity contribution in [2.45, 2.75) is 13.0 Å². The average molecular weight is 260 g/mol. The van der Waals surface area contributed by atoms with Gasteiger partial charge in [0.2, 0.25) is 0 Å². The normalized spacial score (nSPS) is 10.3. The van der Waals surface area contributed by atoms with Crippen LogP contribution in [0.1, 0.15) is 20.8 Å². The van der Waals surface area contributed by atoms with Gasteiger partial charge in [-0.3, -0.25) is 4.79 Å². The molecule has 1 heterocycles. The first kappa shape index (κ1) is 12.8. The average Bonchev–Trinajstić information content (AvgIpc) is 2.92. The van der Waals surface area contributed by atoms with Gasteiger partial charge in [0.1, 0.15) is 0 Å². The van der Waals surface area contributed by atoms with Gasteiger partial charge in [-0.25, -0.2) is 0 Å². The van der Waals surface area contributed by atoms with Gasteiger partial charge in [-0.1, -0.05) is 30.3 Å². The Kier molecular flexibility index (Phi) is 4.50. The van der Waals surface area contributed by atoms with Crippen LogP contribution in [-0.4, -0.2) is 12.5 Å². The smallest absolute Gasteiger partial charge is 0.261 e. The third-order valence-corrected chi connectivity index (χ3v) is 3.52. The number of rotatable bonds is 5. The summed E-state index contributed by atoms with van der Waals surface area (Å²) in [5.41, 5.74) is 7.82. The van der Waals surface area contributed by atoms with Crippen molar-refractivity contribution in [3.8, 4) is 0 Å². The molecule has 2 aromatic rings. The Bertz CT molecular complexity index is 491. The van der Waals surface area contributed by atoms with Crippen LogP contribution in [-0.2, 0) is 13.0 Å². The highest BCUT2D eigenvalue weighted by Crippen LogP contribution is 2.09. The molecule has 0 saturated heterocycles. The topological polar surface area (TPSA) is 55.1 Å². The number of benzene rings is 1. The highest BCUT2D eigenvalue weighted by atomic mass is 32.1. The maximum absolute atomic E-state index is 11.7. The molecule has 0 aliphatic rings. The molecular formula is C14H16N2OS. The highest BCUT2D eigenvalue weighted by molar-refractivity contribution is 7.12. The number of hydrogen-bond donors (Lipinski definition) is 2. The van der Waals surface area contributed by atoms with Crippen LogP contribution in [0.3, 0.4) is 0 Å². The van der Waals surface area contributed by atoms with Gasteiger partial charge in [0, 0.05) is 6.54 Å². The quantitative estimate of drug-likeness (QED) is 0.865. The highest BCUT2D eigenvalue weighted by Gasteiger charge is 2.05. The molecule has 0 aliphatic carbocycles. The van der Waals surface area contributed by atoms with Gasteiger partial charge in [0.25, 0.3) is 5.91 Å². The van der Waals surface area contributed by atoms with Crippen LogP contribution in [0.25, 0.3) is 0 Å². The maximum atomic E-state index is 11.7. The van der Waals surface area contributed by atoms with Gasteiger partial charge >= 0.3 is 0 Å². The zero-order valence-electron chi connectivity index (χ0n) is 10.1. The Labute approximate surface area is 111 Å². The van der Waals surface area contributed by atoms with Gasteiger partial charge in [0.05, 0.1) is 4.88 Å². The molecule has 0 aliphatic heterocycles. The molecule has 0 atom stereocenters. The van der Waals surface area contributed by atoms with E-state index in [1.165, 1.54) is 16.9 Å². The fourth-order valence-electron chi connectivity index (χ4n) is 1.67. The van der Waals surface area contributed by atoms with E-state index in [1.54, 1.807) is 0 Å². The standard InChI is InChI=1S/C14H16N2OS/c15-8-7-11-3-5-12(6-4-11)10-16-14(17)13-2-1-9-18-13/h1-6,9H,7-8,10,15H2,(H,16,17). The second kappa shape index (κ2) is 6.33. The van der Waals surface area contributed by atoms with E-state index in [-0.39, 0.29) is 5.91 Å². The minimum atomic E-state index is -0.0176. The van der Waals surface area contributed by atoms with Gasteiger partial charge < -0.3 is 11.1 Å². The Balaban J connectivity index is 1.88. The summed E-state index contributed by atoms with van der Waals surface area (Å²) in [7, 11) is 0. The molecule has 0 unspecified atom stereocenters. The zero-order chi connectivity index (χ0) is 12.8. The molecule has 0 saturated carbocycles. The summed E-state index contributed by atoms with van der Waals surface area (Å²) < 4.78 is 0. The van der Waals surface area contributed by atoms with Crippen LogP contribution in [0.2, 0.25) is 0 Å². The first-order valence-corrected chi connectivity index (χ1v) is 6.77. The van der Waals surface area contributed by atoms with Crippen molar-refractivity contribution in [2.24, 2.45) is 5.73 Å². The summed E-state index contributed by atoms with van der Waals surface area (Å²) in [4.78, 5) is 12.5. The second-order valence-electron chi connectivity index (χ2n) is 4.02. The van der Waals surface area contributed by atoms with Gasteiger partial charge in [0.15, 0.2) is 0 Å². The molecule has 1 amide bonds. The largest absolute Gasteiger partial charge is 0.347 e. The maximum Gasteiger partial charge on any atom is 0.261 e. The minimum absolute atomic E-state index is 0.0176. The Hall–Kier alpha value is -1.65. The number of amides is 1. The molecule has 0 spiro atoms. The van der Waals surface area contributed by atoms with Crippen molar-refractivity contribution in [2.75, 3.05) is 6.54 Å². The van der Waals surface area contributed by atoms with Crippen LogP contribution < -0.4 is 11.1 Å².